The first-order valence-electron chi connectivity index (χ1n) is 6.54. The molecule has 1 fully saturated rings. The topological polar surface area (TPSA) is 89.4 Å². The standard InChI is InChI=1S/C13H21N3O2S2/c1-19-13(10-14)6-8-16(9-7-13)11-4-2-3-5-12(11)20(15,17)18/h2-5H,6-10,14H2,1H3,(H2,15,17,18). The largest absolute Gasteiger partial charge is 0.370 e. The second-order valence-electron chi connectivity index (χ2n) is 5.09. The van der Waals surface area contributed by atoms with E-state index in [2.05, 4.69) is 11.2 Å². The number of anilines is 1. The normalized spacial score (nSPS) is 19.1. The lowest BCUT2D eigenvalue weighted by Gasteiger charge is -2.41. The van der Waals surface area contributed by atoms with E-state index in [1.54, 1.807) is 23.9 Å². The van der Waals surface area contributed by atoms with Crippen LogP contribution >= 0.6 is 11.8 Å². The molecule has 0 spiro atoms. The van der Waals surface area contributed by atoms with Gasteiger partial charge in [-0.15, -0.1) is 0 Å². The summed E-state index contributed by atoms with van der Waals surface area (Å²) in [5.74, 6) is 0. The second kappa shape index (κ2) is 5.93. The Labute approximate surface area is 124 Å². The van der Waals surface area contributed by atoms with Gasteiger partial charge < -0.3 is 10.6 Å². The molecule has 1 heterocycles. The van der Waals surface area contributed by atoms with Crippen molar-refractivity contribution in [3.05, 3.63) is 24.3 Å². The van der Waals surface area contributed by atoms with Gasteiger partial charge in [-0.2, -0.15) is 11.8 Å². The molecule has 0 amide bonds. The Morgan fingerprint density at radius 3 is 2.40 bits per heavy atom. The molecule has 0 unspecified atom stereocenters. The summed E-state index contributed by atoms with van der Waals surface area (Å²) in [7, 11) is -3.69. The number of sulfonamides is 1. The van der Waals surface area contributed by atoms with E-state index in [-0.39, 0.29) is 9.64 Å². The Balaban J connectivity index is 2.24. The fraction of sp³-hybridized carbons (Fsp3) is 0.538. The molecule has 4 N–H and O–H groups in total. The van der Waals surface area contributed by atoms with E-state index in [1.165, 1.54) is 0 Å². The molecule has 0 radical (unpaired) electrons. The van der Waals surface area contributed by atoms with Crippen LogP contribution in [0.1, 0.15) is 12.8 Å². The molecule has 0 aliphatic carbocycles. The maximum absolute atomic E-state index is 11.7. The summed E-state index contributed by atoms with van der Waals surface area (Å²) in [4.78, 5) is 2.29. The maximum Gasteiger partial charge on any atom is 0.240 e. The van der Waals surface area contributed by atoms with Gasteiger partial charge in [-0.1, -0.05) is 12.1 Å². The molecule has 1 aromatic rings. The summed E-state index contributed by atoms with van der Waals surface area (Å²) in [6.45, 7) is 2.24. The lowest BCUT2D eigenvalue weighted by molar-refractivity contribution is 0.455. The zero-order valence-electron chi connectivity index (χ0n) is 11.6. The van der Waals surface area contributed by atoms with Gasteiger partial charge in [0.15, 0.2) is 0 Å². The van der Waals surface area contributed by atoms with Crippen molar-refractivity contribution < 1.29 is 8.42 Å². The zero-order valence-corrected chi connectivity index (χ0v) is 13.2. The molecule has 0 bridgehead atoms. The van der Waals surface area contributed by atoms with Crippen molar-refractivity contribution >= 4 is 27.5 Å². The predicted octanol–water partition coefficient (Wildman–Crippen LogP) is 0.995. The van der Waals surface area contributed by atoms with Gasteiger partial charge in [-0.05, 0) is 31.2 Å². The van der Waals surface area contributed by atoms with Crippen molar-refractivity contribution in [2.45, 2.75) is 22.5 Å². The van der Waals surface area contributed by atoms with Crippen LogP contribution in [-0.4, -0.2) is 39.1 Å². The summed E-state index contributed by atoms with van der Waals surface area (Å²) in [5, 5.41) is 5.29. The number of benzene rings is 1. The first-order valence-corrected chi connectivity index (χ1v) is 9.31. The first kappa shape index (κ1) is 15.6. The lowest BCUT2D eigenvalue weighted by Crippen LogP contribution is -2.47. The summed E-state index contributed by atoms with van der Waals surface area (Å²) >= 11 is 1.81. The van der Waals surface area contributed by atoms with Crippen molar-refractivity contribution in [3.8, 4) is 0 Å². The zero-order chi connectivity index (χ0) is 14.8. The second-order valence-corrected chi connectivity index (χ2v) is 7.90. The highest BCUT2D eigenvalue weighted by Crippen LogP contribution is 2.36. The van der Waals surface area contributed by atoms with E-state index in [9.17, 15) is 8.42 Å². The van der Waals surface area contributed by atoms with Crippen molar-refractivity contribution in [3.63, 3.8) is 0 Å². The van der Waals surface area contributed by atoms with Crippen molar-refractivity contribution in [2.24, 2.45) is 10.9 Å². The average molecular weight is 315 g/mol. The number of nitrogens with zero attached hydrogens (tertiary/aromatic N) is 1. The van der Waals surface area contributed by atoms with E-state index in [1.807, 2.05) is 12.1 Å². The van der Waals surface area contributed by atoms with Crippen LogP contribution < -0.4 is 15.8 Å². The third-order valence-corrected chi connectivity index (χ3v) is 6.39. The fourth-order valence-electron chi connectivity index (χ4n) is 2.61. The van der Waals surface area contributed by atoms with Gasteiger partial charge in [-0.25, -0.2) is 13.6 Å². The molecule has 112 valence electrons. The van der Waals surface area contributed by atoms with Crippen LogP contribution in [0, 0.1) is 0 Å². The average Bonchev–Trinajstić information content (AvgIpc) is 2.46. The Morgan fingerprint density at radius 2 is 1.90 bits per heavy atom. The highest BCUT2D eigenvalue weighted by molar-refractivity contribution is 8.00. The fourth-order valence-corrected chi connectivity index (χ4v) is 4.12. The van der Waals surface area contributed by atoms with Gasteiger partial charge in [0.1, 0.15) is 4.90 Å². The molecule has 1 aliphatic rings. The van der Waals surface area contributed by atoms with Crippen LogP contribution in [0.15, 0.2) is 29.2 Å². The minimum Gasteiger partial charge on any atom is -0.370 e. The Bertz CT molecular complexity index is 561. The van der Waals surface area contributed by atoms with Gasteiger partial charge in [0.05, 0.1) is 5.69 Å². The van der Waals surface area contributed by atoms with Gasteiger partial charge in [0, 0.05) is 24.4 Å². The summed E-state index contributed by atoms with van der Waals surface area (Å²) < 4.78 is 23.4. The lowest BCUT2D eigenvalue weighted by atomic mass is 9.95. The van der Waals surface area contributed by atoms with Crippen LogP contribution in [0.25, 0.3) is 0 Å². The molecule has 1 saturated heterocycles. The molecule has 2 rings (SSSR count). The number of primary sulfonamides is 1. The molecule has 20 heavy (non-hydrogen) atoms. The number of rotatable bonds is 4. The summed E-state index contributed by atoms with van der Waals surface area (Å²) in [6.07, 6.45) is 3.98. The molecule has 1 aromatic carbocycles. The SMILES string of the molecule is CSC1(CN)CCN(c2ccccc2S(N)(=O)=O)CC1. The van der Waals surface area contributed by atoms with E-state index in [0.717, 1.165) is 25.9 Å². The number of hydrogen-bond donors (Lipinski definition) is 2. The van der Waals surface area contributed by atoms with Gasteiger partial charge >= 0.3 is 0 Å². The summed E-state index contributed by atoms with van der Waals surface area (Å²) in [6, 6.07) is 6.90. The Kier molecular flexibility index (Phi) is 4.63. The number of hydrogen-bond acceptors (Lipinski definition) is 5. The van der Waals surface area contributed by atoms with Crippen LogP contribution in [0.5, 0.6) is 0 Å². The van der Waals surface area contributed by atoms with Crippen LogP contribution in [0.4, 0.5) is 5.69 Å². The van der Waals surface area contributed by atoms with Gasteiger partial charge in [0.25, 0.3) is 0 Å². The number of thioether (sulfide) groups is 1. The summed E-state index contributed by atoms with van der Waals surface area (Å²) in [5.41, 5.74) is 6.57. The molecule has 0 atom stereocenters. The van der Waals surface area contributed by atoms with Gasteiger partial charge in [-0.3, -0.25) is 0 Å². The molecular weight excluding hydrogens is 294 g/mol. The monoisotopic (exact) mass is 315 g/mol. The smallest absolute Gasteiger partial charge is 0.240 e. The third-order valence-electron chi connectivity index (χ3n) is 3.99. The minimum absolute atomic E-state index is 0.118. The van der Waals surface area contributed by atoms with E-state index in [4.69, 9.17) is 10.9 Å². The number of piperidine rings is 1. The number of nitrogens with two attached hydrogens (primary N) is 2. The molecule has 0 saturated carbocycles. The highest BCUT2D eigenvalue weighted by atomic mass is 32.2. The quantitative estimate of drug-likeness (QED) is 0.865. The van der Waals surface area contributed by atoms with Gasteiger partial charge in [0.2, 0.25) is 10.0 Å². The first-order chi connectivity index (χ1) is 9.42. The molecule has 1 aliphatic heterocycles. The maximum atomic E-state index is 11.7. The Hall–Kier alpha value is -0.760. The molecule has 0 aromatic heterocycles. The third kappa shape index (κ3) is 3.11. The molecule has 5 nitrogen and oxygen atoms in total. The van der Waals surface area contributed by atoms with Crippen LogP contribution in [0.3, 0.4) is 0 Å². The van der Waals surface area contributed by atoms with E-state index in [0.29, 0.717) is 12.2 Å². The van der Waals surface area contributed by atoms with Crippen molar-refractivity contribution in [1.29, 1.82) is 0 Å². The van der Waals surface area contributed by atoms with Crippen LogP contribution in [-0.2, 0) is 10.0 Å². The van der Waals surface area contributed by atoms with E-state index < -0.39 is 10.0 Å². The molecular formula is C13H21N3O2S2. The minimum atomic E-state index is -3.69. The highest BCUT2D eigenvalue weighted by Gasteiger charge is 2.33. The van der Waals surface area contributed by atoms with E-state index >= 15 is 0 Å². The number of para-hydroxylation sites is 1. The predicted molar refractivity (Wildman–Crippen MR) is 84.6 cm³/mol. The Morgan fingerprint density at radius 1 is 1.30 bits per heavy atom. The van der Waals surface area contributed by atoms with Crippen LogP contribution in [0.2, 0.25) is 0 Å². The van der Waals surface area contributed by atoms with Crippen molar-refractivity contribution in [1.82, 2.24) is 0 Å². The molecule has 7 heteroatoms. The van der Waals surface area contributed by atoms with Crippen molar-refractivity contribution in [2.75, 3.05) is 30.8 Å².